The van der Waals surface area contributed by atoms with E-state index in [9.17, 15) is 4.79 Å². The Balaban J connectivity index is 1.94. The fraction of sp³-hybridized carbons (Fsp3) is 0.381. The lowest BCUT2D eigenvalue weighted by atomic mass is 10.0. The second-order valence-electron chi connectivity index (χ2n) is 7.32. The Hall–Kier alpha value is -2.29. The van der Waals surface area contributed by atoms with Gasteiger partial charge in [-0.05, 0) is 44.7 Å². The van der Waals surface area contributed by atoms with Crippen molar-refractivity contribution in [3.63, 3.8) is 0 Å². The zero-order valence-corrected chi connectivity index (χ0v) is 14.6. The summed E-state index contributed by atoms with van der Waals surface area (Å²) in [5.74, 6) is 0. The average Bonchev–Trinajstić information content (AvgIpc) is 3.00. The van der Waals surface area contributed by atoms with E-state index in [1.807, 2.05) is 62.1 Å². The maximum absolute atomic E-state index is 12.9. The standard InChI is InChI=1S/C21H25NO2/c1-21(2,3)24-20(23)22-18(16-10-6-4-7-11-16)14-15-19(22)17-12-8-5-9-13-17/h4-13,18-19H,14-15H2,1-3H3/t18-,19-/m1/s1. The van der Waals surface area contributed by atoms with Crippen LogP contribution in [0.5, 0.6) is 0 Å². The second-order valence-corrected chi connectivity index (χ2v) is 7.32. The van der Waals surface area contributed by atoms with Crippen molar-refractivity contribution in [3.8, 4) is 0 Å². The molecule has 126 valence electrons. The topological polar surface area (TPSA) is 29.5 Å². The van der Waals surface area contributed by atoms with Crippen molar-refractivity contribution in [1.29, 1.82) is 0 Å². The minimum absolute atomic E-state index is 0.0613. The number of hydrogen-bond acceptors (Lipinski definition) is 2. The molecule has 1 heterocycles. The van der Waals surface area contributed by atoms with Crippen LogP contribution in [0.4, 0.5) is 4.79 Å². The highest BCUT2D eigenvalue weighted by Gasteiger charge is 2.40. The van der Waals surface area contributed by atoms with Crippen molar-refractivity contribution in [1.82, 2.24) is 4.90 Å². The van der Waals surface area contributed by atoms with Crippen molar-refractivity contribution < 1.29 is 9.53 Å². The third-order valence-corrected chi connectivity index (χ3v) is 4.36. The predicted molar refractivity (Wildman–Crippen MR) is 95.7 cm³/mol. The van der Waals surface area contributed by atoms with E-state index in [4.69, 9.17) is 4.74 Å². The summed E-state index contributed by atoms with van der Waals surface area (Å²) in [6.07, 6.45) is 1.66. The van der Waals surface area contributed by atoms with E-state index in [-0.39, 0.29) is 18.2 Å². The molecule has 3 nitrogen and oxygen atoms in total. The van der Waals surface area contributed by atoms with Gasteiger partial charge in [-0.3, -0.25) is 4.90 Å². The van der Waals surface area contributed by atoms with E-state index in [1.165, 1.54) is 11.1 Å². The fourth-order valence-electron chi connectivity index (χ4n) is 3.39. The average molecular weight is 323 g/mol. The minimum atomic E-state index is -0.498. The number of hydrogen-bond donors (Lipinski definition) is 0. The number of ether oxygens (including phenoxy) is 1. The van der Waals surface area contributed by atoms with Crippen LogP contribution in [0.2, 0.25) is 0 Å². The zero-order valence-electron chi connectivity index (χ0n) is 14.6. The summed E-state index contributed by atoms with van der Waals surface area (Å²) in [4.78, 5) is 14.9. The molecule has 0 N–H and O–H groups in total. The normalized spacial score (nSPS) is 20.9. The maximum Gasteiger partial charge on any atom is 0.411 e. The molecule has 2 aromatic rings. The summed E-state index contributed by atoms with van der Waals surface area (Å²) >= 11 is 0. The summed E-state index contributed by atoms with van der Waals surface area (Å²) in [7, 11) is 0. The molecule has 0 aromatic heterocycles. The molecule has 0 spiro atoms. The lowest BCUT2D eigenvalue weighted by Gasteiger charge is -2.33. The quantitative estimate of drug-likeness (QED) is 0.730. The predicted octanol–water partition coefficient (Wildman–Crippen LogP) is 5.50. The van der Waals surface area contributed by atoms with Gasteiger partial charge in [-0.2, -0.15) is 0 Å². The van der Waals surface area contributed by atoms with E-state index >= 15 is 0 Å². The zero-order chi connectivity index (χ0) is 17.2. The lowest BCUT2D eigenvalue weighted by molar-refractivity contribution is 0.0141. The van der Waals surface area contributed by atoms with Gasteiger partial charge >= 0.3 is 6.09 Å². The Morgan fingerprint density at radius 1 is 0.875 bits per heavy atom. The number of rotatable bonds is 2. The number of nitrogens with zero attached hydrogens (tertiary/aromatic N) is 1. The van der Waals surface area contributed by atoms with Crippen molar-refractivity contribution in [3.05, 3.63) is 71.8 Å². The van der Waals surface area contributed by atoms with Crippen LogP contribution < -0.4 is 0 Å². The van der Waals surface area contributed by atoms with Crippen LogP contribution in [0, 0.1) is 0 Å². The monoisotopic (exact) mass is 323 g/mol. The van der Waals surface area contributed by atoms with Crippen molar-refractivity contribution in [2.45, 2.75) is 51.3 Å². The molecule has 1 aliphatic heterocycles. The lowest BCUT2D eigenvalue weighted by Crippen LogP contribution is -2.37. The van der Waals surface area contributed by atoms with Gasteiger partial charge in [-0.15, -0.1) is 0 Å². The highest BCUT2D eigenvalue weighted by atomic mass is 16.6. The summed E-state index contributed by atoms with van der Waals surface area (Å²) in [6.45, 7) is 5.74. The van der Waals surface area contributed by atoms with E-state index in [1.54, 1.807) is 0 Å². The molecule has 2 aromatic carbocycles. The number of carbonyl (C=O) groups is 1. The molecule has 24 heavy (non-hydrogen) atoms. The molecule has 0 unspecified atom stereocenters. The van der Waals surface area contributed by atoms with Crippen LogP contribution in [0.3, 0.4) is 0 Å². The van der Waals surface area contributed by atoms with E-state index in [2.05, 4.69) is 24.3 Å². The van der Waals surface area contributed by atoms with Crippen LogP contribution in [-0.2, 0) is 4.74 Å². The first-order valence-corrected chi connectivity index (χ1v) is 8.57. The number of amides is 1. The first-order valence-electron chi connectivity index (χ1n) is 8.57. The van der Waals surface area contributed by atoms with Gasteiger partial charge < -0.3 is 4.74 Å². The molecular formula is C21H25NO2. The summed E-state index contributed by atoms with van der Waals surface area (Å²) < 4.78 is 5.71. The molecule has 3 rings (SSSR count). The smallest absolute Gasteiger partial charge is 0.411 e. The summed E-state index contributed by atoms with van der Waals surface area (Å²) in [6, 6.07) is 20.6. The molecule has 1 amide bonds. The highest BCUT2D eigenvalue weighted by Crippen LogP contribution is 2.44. The Labute approximate surface area is 144 Å². The maximum atomic E-state index is 12.9. The van der Waals surface area contributed by atoms with Crippen LogP contribution in [-0.4, -0.2) is 16.6 Å². The summed E-state index contributed by atoms with van der Waals surface area (Å²) in [5.41, 5.74) is 1.84. The first-order chi connectivity index (χ1) is 11.5. The molecule has 1 saturated heterocycles. The Bertz CT molecular complexity index is 628. The summed E-state index contributed by atoms with van der Waals surface area (Å²) in [5, 5.41) is 0. The van der Waals surface area contributed by atoms with E-state index < -0.39 is 5.60 Å². The Morgan fingerprint density at radius 3 is 1.67 bits per heavy atom. The van der Waals surface area contributed by atoms with Crippen molar-refractivity contribution in [2.24, 2.45) is 0 Å². The van der Waals surface area contributed by atoms with Gasteiger partial charge in [0.05, 0.1) is 12.1 Å². The van der Waals surface area contributed by atoms with E-state index in [0.29, 0.717) is 0 Å². The molecule has 3 heteroatoms. The van der Waals surface area contributed by atoms with Crippen LogP contribution >= 0.6 is 0 Å². The van der Waals surface area contributed by atoms with Crippen LogP contribution in [0.25, 0.3) is 0 Å². The molecule has 0 aliphatic carbocycles. The van der Waals surface area contributed by atoms with Gasteiger partial charge in [0.2, 0.25) is 0 Å². The molecule has 1 aliphatic rings. The molecule has 0 bridgehead atoms. The Kier molecular flexibility index (Phi) is 4.61. The van der Waals surface area contributed by atoms with Crippen LogP contribution in [0.15, 0.2) is 60.7 Å². The van der Waals surface area contributed by atoms with Crippen LogP contribution in [0.1, 0.15) is 56.8 Å². The van der Waals surface area contributed by atoms with Gasteiger partial charge in [0.15, 0.2) is 0 Å². The van der Waals surface area contributed by atoms with Gasteiger partial charge in [-0.1, -0.05) is 60.7 Å². The number of benzene rings is 2. The van der Waals surface area contributed by atoms with Gasteiger partial charge in [0.25, 0.3) is 0 Å². The minimum Gasteiger partial charge on any atom is -0.444 e. The molecule has 1 fully saturated rings. The number of likely N-dealkylation sites (tertiary alicyclic amines) is 1. The third-order valence-electron chi connectivity index (χ3n) is 4.36. The molecule has 0 radical (unpaired) electrons. The number of carbonyl (C=O) groups excluding carboxylic acids is 1. The molecule has 2 atom stereocenters. The van der Waals surface area contributed by atoms with E-state index in [0.717, 1.165) is 12.8 Å². The van der Waals surface area contributed by atoms with Crippen molar-refractivity contribution in [2.75, 3.05) is 0 Å². The SMILES string of the molecule is CC(C)(C)OC(=O)N1[C@@H](c2ccccc2)CC[C@@H]1c1ccccc1. The molecular weight excluding hydrogens is 298 g/mol. The van der Waals surface area contributed by atoms with Gasteiger partial charge in [0.1, 0.15) is 5.60 Å². The molecule has 0 saturated carbocycles. The Morgan fingerprint density at radius 2 is 1.29 bits per heavy atom. The fourth-order valence-corrected chi connectivity index (χ4v) is 3.39. The van der Waals surface area contributed by atoms with Crippen molar-refractivity contribution >= 4 is 6.09 Å². The first kappa shape index (κ1) is 16.6. The largest absolute Gasteiger partial charge is 0.444 e. The second kappa shape index (κ2) is 6.68. The van der Waals surface area contributed by atoms with Gasteiger partial charge in [0, 0.05) is 0 Å². The van der Waals surface area contributed by atoms with Gasteiger partial charge in [-0.25, -0.2) is 4.79 Å². The highest BCUT2D eigenvalue weighted by molar-refractivity contribution is 5.70. The third kappa shape index (κ3) is 3.61.